The van der Waals surface area contributed by atoms with Gasteiger partial charge in [-0.3, -0.25) is 4.68 Å². The number of nitrogens with one attached hydrogen (secondary N) is 1. The standard InChI is InChI=1S/C18H15N7O2/c1-2-12(21-13(3-1)15-5-8-27-24-15)14-4-6-19-18(22-14)23-16-10-20-25-7-9-26-11-17(16)25/h1-6,8,10H,7,9,11H2,(H,19,22,23). The lowest BCUT2D eigenvalue weighted by atomic mass is 10.2. The van der Waals surface area contributed by atoms with E-state index in [0.29, 0.717) is 30.5 Å². The third-order valence-corrected chi connectivity index (χ3v) is 4.25. The molecule has 0 aliphatic carbocycles. The van der Waals surface area contributed by atoms with Crippen LogP contribution in [0.5, 0.6) is 0 Å². The number of ether oxygens (including phenoxy) is 1. The fourth-order valence-electron chi connectivity index (χ4n) is 2.93. The minimum absolute atomic E-state index is 0.475. The first-order chi connectivity index (χ1) is 13.4. The zero-order valence-corrected chi connectivity index (χ0v) is 14.2. The smallest absolute Gasteiger partial charge is 0.227 e. The summed E-state index contributed by atoms with van der Waals surface area (Å²) < 4.78 is 12.3. The lowest BCUT2D eigenvalue weighted by molar-refractivity contribution is 0.0805. The second-order valence-electron chi connectivity index (χ2n) is 5.96. The Hall–Kier alpha value is -3.59. The van der Waals surface area contributed by atoms with E-state index >= 15 is 0 Å². The van der Waals surface area contributed by atoms with Gasteiger partial charge in [-0.1, -0.05) is 11.2 Å². The molecule has 0 atom stereocenters. The van der Waals surface area contributed by atoms with Crippen LogP contribution in [0.2, 0.25) is 0 Å². The Morgan fingerprint density at radius 1 is 1.00 bits per heavy atom. The van der Waals surface area contributed by atoms with Crippen LogP contribution >= 0.6 is 0 Å². The van der Waals surface area contributed by atoms with Crippen molar-refractivity contribution in [1.82, 2.24) is 29.9 Å². The highest BCUT2D eigenvalue weighted by molar-refractivity contribution is 5.63. The van der Waals surface area contributed by atoms with Crippen molar-refractivity contribution < 1.29 is 9.26 Å². The second kappa shape index (κ2) is 6.61. The van der Waals surface area contributed by atoms with Crippen LogP contribution in [-0.4, -0.2) is 36.5 Å². The molecule has 0 radical (unpaired) electrons. The van der Waals surface area contributed by atoms with Gasteiger partial charge < -0.3 is 14.6 Å². The van der Waals surface area contributed by atoms with Crippen LogP contribution in [0.15, 0.2) is 53.5 Å². The molecule has 1 aliphatic rings. The number of nitrogens with zero attached hydrogens (tertiary/aromatic N) is 6. The number of hydrogen-bond donors (Lipinski definition) is 1. The van der Waals surface area contributed by atoms with Gasteiger partial charge in [-0.25, -0.2) is 15.0 Å². The van der Waals surface area contributed by atoms with Gasteiger partial charge in [0.15, 0.2) is 0 Å². The van der Waals surface area contributed by atoms with Crippen LogP contribution < -0.4 is 5.32 Å². The van der Waals surface area contributed by atoms with Crippen LogP contribution in [-0.2, 0) is 17.9 Å². The van der Waals surface area contributed by atoms with Gasteiger partial charge >= 0.3 is 0 Å². The summed E-state index contributed by atoms with van der Waals surface area (Å²) in [6.07, 6.45) is 4.98. The molecule has 0 aromatic carbocycles. The Morgan fingerprint density at radius 3 is 2.78 bits per heavy atom. The molecule has 27 heavy (non-hydrogen) atoms. The van der Waals surface area contributed by atoms with Crippen LogP contribution in [0, 0.1) is 0 Å². The highest BCUT2D eigenvalue weighted by atomic mass is 16.5. The first-order valence-electron chi connectivity index (χ1n) is 8.47. The van der Waals surface area contributed by atoms with Crippen molar-refractivity contribution in [2.24, 2.45) is 0 Å². The molecule has 0 amide bonds. The largest absolute Gasteiger partial charge is 0.373 e. The Balaban J connectivity index is 1.44. The topological polar surface area (TPSA) is 104 Å². The molecule has 9 heteroatoms. The van der Waals surface area contributed by atoms with Gasteiger partial charge in [0, 0.05) is 12.3 Å². The molecule has 0 saturated heterocycles. The van der Waals surface area contributed by atoms with Gasteiger partial charge in [0.25, 0.3) is 0 Å². The van der Waals surface area contributed by atoms with Crippen molar-refractivity contribution >= 4 is 11.6 Å². The van der Waals surface area contributed by atoms with Gasteiger partial charge in [0.1, 0.15) is 12.0 Å². The maximum absolute atomic E-state index is 5.51. The molecule has 0 unspecified atom stereocenters. The molecule has 4 aromatic heterocycles. The zero-order valence-electron chi connectivity index (χ0n) is 14.2. The monoisotopic (exact) mass is 361 g/mol. The van der Waals surface area contributed by atoms with Gasteiger partial charge in [0.2, 0.25) is 5.95 Å². The minimum atomic E-state index is 0.475. The normalized spacial score (nSPS) is 13.3. The molecule has 5 heterocycles. The Kier molecular flexibility index (Phi) is 3.83. The van der Waals surface area contributed by atoms with E-state index in [1.165, 1.54) is 6.26 Å². The van der Waals surface area contributed by atoms with E-state index < -0.39 is 0 Å². The summed E-state index contributed by atoms with van der Waals surface area (Å²) in [5.41, 5.74) is 4.65. The number of aromatic nitrogens is 6. The van der Waals surface area contributed by atoms with E-state index in [0.717, 1.165) is 29.3 Å². The minimum Gasteiger partial charge on any atom is -0.373 e. The molecule has 0 saturated carbocycles. The number of fused-ring (bicyclic) bond motifs is 1. The number of pyridine rings is 1. The third kappa shape index (κ3) is 3.04. The van der Waals surface area contributed by atoms with Crippen LogP contribution in [0.4, 0.5) is 11.6 Å². The van der Waals surface area contributed by atoms with Crippen LogP contribution in [0.3, 0.4) is 0 Å². The average Bonchev–Trinajstić information content (AvgIpc) is 3.39. The summed E-state index contributed by atoms with van der Waals surface area (Å²) in [6, 6.07) is 9.26. The first kappa shape index (κ1) is 15.6. The Bertz CT molecular complexity index is 1080. The quantitative estimate of drug-likeness (QED) is 0.592. The summed E-state index contributed by atoms with van der Waals surface area (Å²) in [5, 5.41) is 11.5. The van der Waals surface area contributed by atoms with Crippen LogP contribution in [0.25, 0.3) is 22.8 Å². The van der Waals surface area contributed by atoms with E-state index in [4.69, 9.17) is 9.26 Å². The molecule has 5 rings (SSSR count). The van der Waals surface area contributed by atoms with E-state index in [1.54, 1.807) is 18.5 Å². The molecule has 1 aliphatic heterocycles. The third-order valence-electron chi connectivity index (χ3n) is 4.25. The first-order valence-corrected chi connectivity index (χ1v) is 8.47. The van der Waals surface area contributed by atoms with Gasteiger partial charge in [-0.15, -0.1) is 0 Å². The maximum Gasteiger partial charge on any atom is 0.227 e. The fraction of sp³-hybridized carbons (Fsp3) is 0.167. The molecular weight excluding hydrogens is 346 g/mol. The van der Waals surface area contributed by atoms with Crippen molar-refractivity contribution in [2.45, 2.75) is 13.2 Å². The number of hydrogen-bond acceptors (Lipinski definition) is 8. The van der Waals surface area contributed by atoms with E-state index in [2.05, 4.69) is 30.5 Å². The van der Waals surface area contributed by atoms with Crippen molar-refractivity contribution in [3.05, 3.63) is 54.7 Å². The van der Waals surface area contributed by atoms with E-state index in [9.17, 15) is 0 Å². The van der Waals surface area contributed by atoms with Crippen molar-refractivity contribution in [1.29, 1.82) is 0 Å². The molecular formula is C18H15N7O2. The van der Waals surface area contributed by atoms with Gasteiger partial charge in [0.05, 0.1) is 54.4 Å². The molecule has 9 nitrogen and oxygen atoms in total. The van der Waals surface area contributed by atoms with Crippen molar-refractivity contribution in [2.75, 3.05) is 11.9 Å². The molecule has 0 spiro atoms. The SMILES string of the molecule is c1cc(-c2ccon2)nc(-c2ccnc(Nc3cnn4c3COCC4)n2)c1. The predicted molar refractivity (Wildman–Crippen MR) is 95.9 cm³/mol. The van der Waals surface area contributed by atoms with E-state index in [1.807, 2.05) is 28.9 Å². The van der Waals surface area contributed by atoms with Gasteiger partial charge in [-0.2, -0.15) is 5.10 Å². The summed E-state index contributed by atoms with van der Waals surface area (Å²) in [7, 11) is 0. The summed E-state index contributed by atoms with van der Waals surface area (Å²) in [5.74, 6) is 0.475. The molecule has 0 bridgehead atoms. The van der Waals surface area contributed by atoms with Crippen LogP contribution in [0.1, 0.15) is 5.69 Å². The lowest BCUT2D eigenvalue weighted by Gasteiger charge is -2.15. The van der Waals surface area contributed by atoms with Crippen molar-refractivity contribution in [3.63, 3.8) is 0 Å². The Morgan fingerprint density at radius 2 is 1.89 bits per heavy atom. The molecule has 1 N–H and O–H groups in total. The summed E-state index contributed by atoms with van der Waals surface area (Å²) in [6.45, 7) is 1.94. The predicted octanol–water partition coefficient (Wildman–Crippen LogP) is 2.66. The highest BCUT2D eigenvalue weighted by Gasteiger charge is 2.16. The molecule has 4 aromatic rings. The second-order valence-corrected chi connectivity index (χ2v) is 5.96. The zero-order chi connectivity index (χ0) is 18.1. The number of anilines is 2. The molecule has 134 valence electrons. The number of rotatable bonds is 4. The molecule has 0 fully saturated rings. The summed E-state index contributed by atoms with van der Waals surface area (Å²) in [4.78, 5) is 13.5. The average molecular weight is 361 g/mol. The lowest BCUT2D eigenvalue weighted by Crippen LogP contribution is -2.17. The van der Waals surface area contributed by atoms with Gasteiger partial charge in [-0.05, 0) is 18.2 Å². The highest BCUT2D eigenvalue weighted by Crippen LogP contribution is 2.24. The Labute approximate surface area is 154 Å². The maximum atomic E-state index is 5.51. The summed E-state index contributed by atoms with van der Waals surface area (Å²) >= 11 is 0. The van der Waals surface area contributed by atoms with E-state index in [-0.39, 0.29) is 0 Å². The fourth-order valence-corrected chi connectivity index (χ4v) is 2.93. The van der Waals surface area contributed by atoms with Crippen molar-refractivity contribution in [3.8, 4) is 22.8 Å².